The van der Waals surface area contributed by atoms with Crippen molar-refractivity contribution in [3.05, 3.63) is 55.6 Å². The lowest BCUT2D eigenvalue weighted by molar-refractivity contribution is -0.139. The lowest BCUT2D eigenvalue weighted by atomic mass is 10.3. The Morgan fingerprint density at radius 1 is 1.33 bits per heavy atom. The van der Waals surface area contributed by atoms with Gasteiger partial charge in [0.25, 0.3) is 0 Å². The van der Waals surface area contributed by atoms with Crippen molar-refractivity contribution in [3.63, 3.8) is 0 Å². The van der Waals surface area contributed by atoms with Gasteiger partial charge in [0.05, 0.1) is 0 Å². The summed E-state index contributed by atoms with van der Waals surface area (Å²) in [4.78, 5) is 10.9. The molecule has 0 aliphatic heterocycles. The van der Waals surface area contributed by atoms with Gasteiger partial charge in [0.15, 0.2) is 6.23 Å². The molecule has 1 atom stereocenters. The molecular formula is C12H13NO2. The van der Waals surface area contributed by atoms with Crippen LogP contribution in [0.5, 0.6) is 0 Å². The fourth-order valence-electron chi connectivity index (χ4n) is 1.01. The first-order chi connectivity index (χ1) is 7.26. The second-order valence-corrected chi connectivity index (χ2v) is 2.81. The predicted molar refractivity (Wildman–Crippen MR) is 60.3 cm³/mol. The number of para-hydroxylation sites is 1. The van der Waals surface area contributed by atoms with Crippen LogP contribution in [0.3, 0.4) is 0 Å². The SMILES string of the molecule is C=CC(=O)OC(C=C)Nc1ccccc1. The highest BCUT2D eigenvalue weighted by atomic mass is 16.6. The standard InChI is InChI=1S/C12H13NO2/c1-3-11(15-12(14)4-2)13-10-8-6-5-7-9-10/h3-9,11,13H,1-2H2. The van der Waals surface area contributed by atoms with Crippen LogP contribution in [0.25, 0.3) is 0 Å². The Morgan fingerprint density at radius 3 is 2.53 bits per heavy atom. The molecule has 1 aromatic rings. The maximum absolute atomic E-state index is 10.9. The van der Waals surface area contributed by atoms with E-state index in [1.165, 1.54) is 6.08 Å². The second kappa shape index (κ2) is 5.65. The molecule has 0 heterocycles. The van der Waals surface area contributed by atoms with Gasteiger partial charge in [0, 0.05) is 11.8 Å². The second-order valence-electron chi connectivity index (χ2n) is 2.81. The first kappa shape index (κ1) is 11.0. The Hall–Kier alpha value is -2.03. The van der Waals surface area contributed by atoms with Crippen LogP contribution in [0.2, 0.25) is 0 Å². The summed E-state index contributed by atoms with van der Waals surface area (Å²) < 4.78 is 4.97. The molecule has 0 fully saturated rings. The van der Waals surface area contributed by atoms with Gasteiger partial charge in [0.1, 0.15) is 0 Å². The molecule has 0 bridgehead atoms. The van der Waals surface area contributed by atoms with Crippen LogP contribution >= 0.6 is 0 Å². The Bertz CT molecular complexity index is 346. The van der Waals surface area contributed by atoms with Gasteiger partial charge in [-0.1, -0.05) is 31.4 Å². The molecule has 0 radical (unpaired) electrons. The number of carbonyl (C=O) groups is 1. The van der Waals surface area contributed by atoms with Crippen LogP contribution in [0.4, 0.5) is 5.69 Å². The highest BCUT2D eigenvalue weighted by molar-refractivity contribution is 5.81. The number of benzene rings is 1. The van der Waals surface area contributed by atoms with Crippen molar-refractivity contribution in [1.82, 2.24) is 0 Å². The first-order valence-electron chi connectivity index (χ1n) is 4.53. The van der Waals surface area contributed by atoms with Crippen molar-refractivity contribution in [2.75, 3.05) is 5.32 Å². The molecular weight excluding hydrogens is 190 g/mol. The molecule has 15 heavy (non-hydrogen) atoms. The minimum atomic E-state index is -0.544. The van der Waals surface area contributed by atoms with Crippen molar-refractivity contribution >= 4 is 11.7 Å². The Kier molecular flexibility index (Phi) is 4.16. The molecule has 3 nitrogen and oxygen atoms in total. The highest BCUT2D eigenvalue weighted by Gasteiger charge is 2.06. The number of ether oxygens (including phenoxy) is 1. The van der Waals surface area contributed by atoms with E-state index in [0.717, 1.165) is 11.8 Å². The van der Waals surface area contributed by atoms with E-state index in [1.807, 2.05) is 30.3 Å². The lowest BCUT2D eigenvalue weighted by Crippen LogP contribution is -2.23. The van der Waals surface area contributed by atoms with Crippen LogP contribution < -0.4 is 5.32 Å². The maximum atomic E-state index is 10.9. The Labute approximate surface area is 89.1 Å². The topological polar surface area (TPSA) is 38.3 Å². The number of esters is 1. The van der Waals surface area contributed by atoms with Crippen molar-refractivity contribution in [3.8, 4) is 0 Å². The molecule has 1 aromatic carbocycles. The summed E-state index contributed by atoms with van der Waals surface area (Å²) in [5, 5.41) is 2.99. The molecule has 3 heteroatoms. The minimum absolute atomic E-state index is 0.483. The molecule has 0 spiro atoms. The van der Waals surface area contributed by atoms with Crippen molar-refractivity contribution < 1.29 is 9.53 Å². The number of anilines is 1. The molecule has 0 saturated carbocycles. The lowest BCUT2D eigenvalue weighted by Gasteiger charge is -2.15. The number of nitrogens with one attached hydrogen (secondary N) is 1. The van der Waals surface area contributed by atoms with Gasteiger partial charge in [-0.2, -0.15) is 0 Å². The van der Waals surface area contributed by atoms with Crippen LogP contribution in [0.1, 0.15) is 0 Å². The average Bonchev–Trinajstić information content (AvgIpc) is 2.29. The molecule has 1 rings (SSSR count). The predicted octanol–water partition coefficient (Wildman–Crippen LogP) is 2.34. The van der Waals surface area contributed by atoms with Crippen LogP contribution in [-0.2, 0) is 9.53 Å². The van der Waals surface area contributed by atoms with Crippen molar-refractivity contribution in [2.24, 2.45) is 0 Å². The third-order valence-corrected chi connectivity index (χ3v) is 1.71. The van der Waals surface area contributed by atoms with E-state index in [9.17, 15) is 4.79 Å². The molecule has 0 aliphatic carbocycles. The maximum Gasteiger partial charge on any atom is 0.332 e. The van der Waals surface area contributed by atoms with E-state index in [1.54, 1.807) is 0 Å². The van der Waals surface area contributed by atoms with E-state index >= 15 is 0 Å². The van der Waals surface area contributed by atoms with E-state index in [0.29, 0.717) is 0 Å². The number of rotatable bonds is 5. The summed E-state index contributed by atoms with van der Waals surface area (Å²) in [6, 6.07) is 9.43. The molecule has 0 aliphatic rings. The number of hydrogen-bond acceptors (Lipinski definition) is 3. The molecule has 1 N–H and O–H groups in total. The fourth-order valence-corrected chi connectivity index (χ4v) is 1.01. The van der Waals surface area contributed by atoms with E-state index in [2.05, 4.69) is 18.5 Å². The molecule has 0 aromatic heterocycles. The van der Waals surface area contributed by atoms with Crippen molar-refractivity contribution in [2.45, 2.75) is 6.23 Å². The largest absolute Gasteiger partial charge is 0.435 e. The summed E-state index contributed by atoms with van der Waals surface area (Å²) >= 11 is 0. The van der Waals surface area contributed by atoms with Crippen LogP contribution in [0, 0.1) is 0 Å². The smallest absolute Gasteiger partial charge is 0.332 e. The fraction of sp³-hybridized carbons (Fsp3) is 0.0833. The zero-order chi connectivity index (χ0) is 11.1. The van der Waals surface area contributed by atoms with Crippen LogP contribution in [0.15, 0.2) is 55.6 Å². The Morgan fingerprint density at radius 2 is 2.00 bits per heavy atom. The van der Waals surface area contributed by atoms with Gasteiger partial charge in [-0.25, -0.2) is 4.79 Å². The highest BCUT2D eigenvalue weighted by Crippen LogP contribution is 2.08. The van der Waals surface area contributed by atoms with Gasteiger partial charge in [-0.15, -0.1) is 0 Å². The number of carbonyl (C=O) groups excluding carboxylic acids is 1. The Balaban J connectivity index is 2.58. The number of hydrogen-bond donors (Lipinski definition) is 1. The quantitative estimate of drug-likeness (QED) is 0.345. The summed E-state index contributed by atoms with van der Waals surface area (Å²) in [5.74, 6) is -0.483. The third-order valence-electron chi connectivity index (χ3n) is 1.71. The normalized spacial score (nSPS) is 11.2. The van der Waals surface area contributed by atoms with Crippen molar-refractivity contribution in [1.29, 1.82) is 0 Å². The molecule has 1 unspecified atom stereocenters. The zero-order valence-corrected chi connectivity index (χ0v) is 8.35. The zero-order valence-electron chi connectivity index (χ0n) is 8.35. The summed E-state index contributed by atoms with van der Waals surface area (Å²) in [7, 11) is 0. The van der Waals surface area contributed by atoms with E-state index in [-0.39, 0.29) is 0 Å². The molecule has 78 valence electrons. The average molecular weight is 203 g/mol. The van der Waals surface area contributed by atoms with Gasteiger partial charge >= 0.3 is 5.97 Å². The van der Waals surface area contributed by atoms with Crippen LogP contribution in [-0.4, -0.2) is 12.2 Å². The monoisotopic (exact) mass is 203 g/mol. The minimum Gasteiger partial charge on any atom is -0.435 e. The summed E-state index contributed by atoms with van der Waals surface area (Å²) in [5.41, 5.74) is 0.860. The van der Waals surface area contributed by atoms with Gasteiger partial charge in [-0.3, -0.25) is 0 Å². The van der Waals surface area contributed by atoms with E-state index < -0.39 is 12.2 Å². The third kappa shape index (κ3) is 3.68. The molecule has 0 amide bonds. The molecule has 0 saturated heterocycles. The van der Waals surface area contributed by atoms with Gasteiger partial charge in [-0.05, 0) is 18.2 Å². The van der Waals surface area contributed by atoms with Gasteiger partial charge < -0.3 is 10.1 Å². The van der Waals surface area contributed by atoms with E-state index in [4.69, 9.17) is 4.74 Å². The first-order valence-corrected chi connectivity index (χ1v) is 4.53. The summed E-state index contributed by atoms with van der Waals surface area (Å²) in [6.07, 6.45) is 2.08. The van der Waals surface area contributed by atoms with Gasteiger partial charge in [0.2, 0.25) is 0 Å². The summed E-state index contributed by atoms with van der Waals surface area (Å²) in [6.45, 7) is 6.89.